The quantitative estimate of drug-likeness (QED) is 0.596. The number of carboxylic acids is 1. The highest BCUT2D eigenvalue weighted by molar-refractivity contribution is 5.96. The molecule has 1 aromatic carbocycles. The van der Waals surface area contributed by atoms with Gasteiger partial charge in [0.25, 0.3) is 5.91 Å². The number of halogens is 1. The van der Waals surface area contributed by atoms with Gasteiger partial charge in [0.1, 0.15) is 5.82 Å². The van der Waals surface area contributed by atoms with Crippen molar-refractivity contribution >= 4 is 23.6 Å². The topological polar surface area (TPSA) is 98.7 Å². The number of aliphatic carboxylic acids is 1. The molecule has 8 heteroatoms. The summed E-state index contributed by atoms with van der Waals surface area (Å²) in [7, 11) is 0. The average molecular weight is 472 g/mol. The number of amides is 3. The molecule has 3 N–H and O–H groups in total. The van der Waals surface area contributed by atoms with Crippen molar-refractivity contribution in [3.05, 3.63) is 29.6 Å². The molecule has 184 valence electrons. The van der Waals surface area contributed by atoms with E-state index in [2.05, 4.69) is 24.5 Å². The Morgan fingerprint density at radius 3 is 2.41 bits per heavy atom. The third-order valence-corrected chi connectivity index (χ3v) is 8.53. The maximum absolute atomic E-state index is 14.9. The van der Waals surface area contributed by atoms with Crippen LogP contribution in [0.25, 0.3) is 0 Å². The number of carbonyl (C=O) groups excluding carboxylic acids is 2. The van der Waals surface area contributed by atoms with E-state index >= 15 is 0 Å². The molecule has 1 heterocycles. The van der Waals surface area contributed by atoms with Crippen molar-refractivity contribution in [2.24, 2.45) is 22.7 Å². The van der Waals surface area contributed by atoms with E-state index in [9.17, 15) is 23.9 Å². The predicted molar refractivity (Wildman–Crippen MR) is 125 cm³/mol. The number of hydrogen-bond acceptors (Lipinski definition) is 3. The number of benzene rings is 1. The van der Waals surface area contributed by atoms with Crippen LogP contribution in [0.1, 0.15) is 75.6 Å². The lowest BCUT2D eigenvalue weighted by Gasteiger charge is -2.65. The van der Waals surface area contributed by atoms with Crippen LogP contribution in [-0.2, 0) is 4.79 Å². The standard InChI is InChI=1S/C26H34FN3O4/c1-24-9-16-10-25(2,13-24)15-26(11-16,14-24)29-23(34)28-20-6-5-17(8-19(20)27)21(31)30-7-3-4-18(12-30)22(32)33/h5-6,8,16,18H,3-4,7,9-15H2,1-2H3,(H,32,33)(H2,28,29,34)/t16?,18-,24-,25+,26?/m0/s1. The zero-order valence-corrected chi connectivity index (χ0v) is 20.0. The van der Waals surface area contributed by atoms with Gasteiger partial charge in [-0.3, -0.25) is 9.59 Å². The van der Waals surface area contributed by atoms with Gasteiger partial charge in [-0.1, -0.05) is 13.8 Å². The summed E-state index contributed by atoms with van der Waals surface area (Å²) in [5.74, 6) is -1.96. The van der Waals surface area contributed by atoms with Crippen LogP contribution >= 0.6 is 0 Å². The number of urea groups is 1. The lowest BCUT2D eigenvalue weighted by molar-refractivity contribution is -0.143. The Balaban J connectivity index is 1.25. The molecular formula is C26H34FN3O4. The van der Waals surface area contributed by atoms with Gasteiger partial charge in [0, 0.05) is 24.2 Å². The molecule has 1 aliphatic heterocycles. The third kappa shape index (κ3) is 4.27. The highest BCUT2D eigenvalue weighted by atomic mass is 19.1. The largest absolute Gasteiger partial charge is 0.481 e. The second kappa shape index (κ2) is 7.95. The second-order valence-electron chi connectivity index (χ2n) is 12.1. The number of piperidine rings is 1. The molecule has 1 aromatic rings. The maximum Gasteiger partial charge on any atom is 0.319 e. The highest BCUT2D eigenvalue weighted by Gasteiger charge is 2.60. The summed E-state index contributed by atoms with van der Waals surface area (Å²) < 4.78 is 14.9. The number of carbonyl (C=O) groups is 3. The minimum absolute atomic E-state index is 0.0262. The number of nitrogens with one attached hydrogen (secondary N) is 2. The molecule has 2 unspecified atom stereocenters. The highest BCUT2D eigenvalue weighted by Crippen LogP contribution is 2.66. The van der Waals surface area contributed by atoms with Crippen molar-refractivity contribution in [1.82, 2.24) is 10.2 Å². The Labute approximate surface area is 199 Å². The van der Waals surface area contributed by atoms with Crippen LogP contribution < -0.4 is 10.6 Å². The third-order valence-electron chi connectivity index (χ3n) is 8.53. The molecule has 4 aliphatic carbocycles. The first-order valence-corrected chi connectivity index (χ1v) is 12.4. The molecule has 4 saturated carbocycles. The van der Waals surface area contributed by atoms with Crippen molar-refractivity contribution in [1.29, 1.82) is 0 Å². The molecular weight excluding hydrogens is 437 g/mol. The van der Waals surface area contributed by atoms with E-state index in [1.54, 1.807) is 0 Å². The number of carboxylic acid groups (broad SMARTS) is 1. The number of hydrogen-bond donors (Lipinski definition) is 3. The van der Waals surface area contributed by atoms with Crippen LogP contribution in [0.5, 0.6) is 0 Å². The van der Waals surface area contributed by atoms with E-state index in [1.807, 2.05) is 0 Å². The molecule has 3 amide bonds. The van der Waals surface area contributed by atoms with Gasteiger partial charge in [-0.05, 0) is 86.3 Å². The Morgan fingerprint density at radius 2 is 1.79 bits per heavy atom. The van der Waals surface area contributed by atoms with Crippen molar-refractivity contribution < 1.29 is 23.9 Å². The molecule has 4 bridgehead atoms. The average Bonchev–Trinajstić information content (AvgIpc) is 2.71. The van der Waals surface area contributed by atoms with E-state index < -0.39 is 29.6 Å². The fourth-order valence-electron chi connectivity index (χ4n) is 8.28. The zero-order chi connectivity index (χ0) is 24.3. The lowest BCUT2D eigenvalue weighted by atomic mass is 9.43. The van der Waals surface area contributed by atoms with Crippen molar-refractivity contribution in [2.45, 2.75) is 70.8 Å². The number of nitrogens with zero attached hydrogens (tertiary/aromatic N) is 1. The molecule has 5 fully saturated rings. The fraction of sp³-hybridized carbons (Fsp3) is 0.654. The molecule has 5 aliphatic rings. The van der Waals surface area contributed by atoms with Gasteiger partial charge >= 0.3 is 12.0 Å². The molecule has 1 saturated heterocycles. The molecule has 0 radical (unpaired) electrons. The van der Waals surface area contributed by atoms with Crippen LogP contribution in [0.3, 0.4) is 0 Å². The number of rotatable bonds is 4. The summed E-state index contributed by atoms with van der Waals surface area (Å²) in [5.41, 5.74) is 0.439. The summed E-state index contributed by atoms with van der Waals surface area (Å²) >= 11 is 0. The van der Waals surface area contributed by atoms with Gasteiger partial charge in [-0.2, -0.15) is 0 Å². The van der Waals surface area contributed by atoms with Gasteiger partial charge in [-0.25, -0.2) is 9.18 Å². The van der Waals surface area contributed by atoms with Crippen LogP contribution in [0.15, 0.2) is 18.2 Å². The Morgan fingerprint density at radius 1 is 1.09 bits per heavy atom. The number of likely N-dealkylation sites (tertiary alicyclic amines) is 1. The Hall–Kier alpha value is -2.64. The van der Waals surface area contributed by atoms with Crippen LogP contribution in [0, 0.1) is 28.5 Å². The maximum atomic E-state index is 14.9. The van der Waals surface area contributed by atoms with E-state index in [0.717, 1.165) is 25.3 Å². The monoisotopic (exact) mass is 471 g/mol. The molecule has 0 aromatic heterocycles. The van der Waals surface area contributed by atoms with Crippen LogP contribution in [-0.4, -0.2) is 46.5 Å². The molecule has 0 spiro atoms. The van der Waals surface area contributed by atoms with E-state index in [4.69, 9.17) is 0 Å². The first kappa shape index (κ1) is 23.1. The summed E-state index contributed by atoms with van der Waals surface area (Å²) in [4.78, 5) is 38.4. The van der Waals surface area contributed by atoms with E-state index in [0.29, 0.717) is 25.3 Å². The normalized spacial score (nSPS) is 36.3. The zero-order valence-electron chi connectivity index (χ0n) is 20.0. The second-order valence-corrected chi connectivity index (χ2v) is 12.1. The Bertz CT molecular complexity index is 1020. The van der Waals surface area contributed by atoms with Crippen molar-refractivity contribution in [2.75, 3.05) is 18.4 Å². The van der Waals surface area contributed by atoms with Gasteiger partial charge in [0.2, 0.25) is 0 Å². The van der Waals surface area contributed by atoms with Gasteiger partial charge in [0.15, 0.2) is 0 Å². The van der Waals surface area contributed by atoms with Gasteiger partial charge < -0.3 is 20.6 Å². The van der Waals surface area contributed by atoms with E-state index in [1.165, 1.54) is 36.3 Å². The first-order chi connectivity index (χ1) is 16.0. The van der Waals surface area contributed by atoms with Crippen LogP contribution in [0.4, 0.5) is 14.9 Å². The lowest BCUT2D eigenvalue weighted by Crippen LogP contribution is -2.65. The summed E-state index contributed by atoms with van der Waals surface area (Å²) in [6.07, 6.45) is 7.69. The van der Waals surface area contributed by atoms with Gasteiger partial charge in [0.05, 0.1) is 11.6 Å². The first-order valence-electron chi connectivity index (χ1n) is 12.4. The van der Waals surface area contributed by atoms with Crippen LogP contribution in [0.2, 0.25) is 0 Å². The summed E-state index contributed by atoms with van der Waals surface area (Å²) in [6.45, 7) is 5.24. The minimum atomic E-state index is -0.920. The molecule has 6 rings (SSSR count). The SMILES string of the molecule is C[C@]12CC3CC(NC(=O)Nc4ccc(C(=O)N5CCC[C@H](C(=O)O)C5)cc4F)(C1)C[C@@](C)(C3)C2. The van der Waals surface area contributed by atoms with Crippen molar-refractivity contribution in [3.8, 4) is 0 Å². The summed E-state index contributed by atoms with van der Waals surface area (Å²) in [5, 5.41) is 15.1. The minimum Gasteiger partial charge on any atom is -0.481 e. The molecule has 5 atom stereocenters. The van der Waals surface area contributed by atoms with E-state index in [-0.39, 0.29) is 34.2 Å². The molecule has 34 heavy (non-hydrogen) atoms. The Kier molecular flexibility index (Phi) is 5.41. The number of anilines is 1. The van der Waals surface area contributed by atoms with Crippen molar-refractivity contribution in [3.63, 3.8) is 0 Å². The van der Waals surface area contributed by atoms with Gasteiger partial charge in [-0.15, -0.1) is 0 Å². The molecule has 7 nitrogen and oxygen atoms in total. The predicted octanol–water partition coefficient (Wildman–Crippen LogP) is 4.63. The summed E-state index contributed by atoms with van der Waals surface area (Å²) in [6, 6.07) is 3.60. The fourth-order valence-corrected chi connectivity index (χ4v) is 8.28. The smallest absolute Gasteiger partial charge is 0.319 e.